The predicted molar refractivity (Wildman–Crippen MR) is 86.4 cm³/mol. The van der Waals surface area contributed by atoms with Crippen LogP contribution in [0.3, 0.4) is 0 Å². The second kappa shape index (κ2) is 5.20. The van der Waals surface area contributed by atoms with Gasteiger partial charge in [-0.15, -0.1) is 11.3 Å². The first kappa shape index (κ1) is 13.6. The number of hydrogen-bond acceptors (Lipinski definition) is 3. The number of nitrogens with two attached hydrogens (primary N) is 1. The minimum absolute atomic E-state index is 0.531. The van der Waals surface area contributed by atoms with Gasteiger partial charge in [0.15, 0.2) is 5.82 Å². The first-order chi connectivity index (χ1) is 9.65. The van der Waals surface area contributed by atoms with Gasteiger partial charge in [-0.2, -0.15) is 0 Å². The van der Waals surface area contributed by atoms with Gasteiger partial charge in [0, 0.05) is 13.1 Å². The van der Waals surface area contributed by atoms with Crippen molar-refractivity contribution in [3.8, 4) is 10.7 Å². The van der Waals surface area contributed by atoms with E-state index >= 15 is 0 Å². The second-order valence-corrected chi connectivity index (χ2v) is 6.03. The highest BCUT2D eigenvalue weighted by Gasteiger charge is 2.17. The molecule has 0 amide bonds. The molecule has 2 aromatic heterocycles. The molecule has 0 spiro atoms. The Hall–Kier alpha value is -1.36. The fourth-order valence-corrected chi connectivity index (χ4v) is 3.65. The predicted octanol–water partition coefficient (Wildman–Crippen LogP) is 4.21. The van der Waals surface area contributed by atoms with Crippen LogP contribution in [0.25, 0.3) is 21.7 Å². The Balaban J connectivity index is 2.27. The smallest absolute Gasteiger partial charge is 0.152 e. The Bertz CT molecular complexity index is 773. The molecule has 3 nitrogen and oxygen atoms in total. The van der Waals surface area contributed by atoms with Crippen molar-refractivity contribution in [1.29, 1.82) is 0 Å². The first-order valence-corrected chi connectivity index (χ1v) is 7.84. The van der Waals surface area contributed by atoms with Gasteiger partial charge < -0.3 is 10.3 Å². The summed E-state index contributed by atoms with van der Waals surface area (Å²) < 4.78 is 2.20. The number of halogens is 1. The lowest BCUT2D eigenvalue weighted by Crippen LogP contribution is -1.97. The SMILES string of the molecule is CCn1c(-c2scc(C)c2Cl)nc2cc(CN)ccc21. The Labute approximate surface area is 127 Å². The number of rotatable bonds is 3. The van der Waals surface area contributed by atoms with E-state index in [4.69, 9.17) is 22.3 Å². The van der Waals surface area contributed by atoms with Gasteiger partial charge in [-0.3, -0.25) is 0 Å². The highest BCUT2D eigenvalue weighted by atomic mass is 35.5. The molecule has 2 heterocycles. The molecule has 0 saturated carbocycles. The molecular formula is C15H16ClN3S. The highest BCUT2D eigenvalue weighted by Crippen LogP contribution is 2.37. The van der Waals surface area contributed by atoms with Crippen LogP contribution < -0.4 is 5.73 Å². The third-order valence-electron chi connectivity index (χ3n) is 3.47. The molecule has 1 aromatic carbocycles. The quantitative estimate of drug-likeness (QED) is 0.788. The number of hydrogen-bond donors (Lipinski definition) is 1. The molecule has 0 unspecified atom stereocenters. The molecule has 0 saturated heterocycles. The molecule has 0 aliphatic carbocycles. The van der Waals surface area contributed by atoms with E-state index in [1.807, 2.05) is 6.92 Å². The normalized spacial score (nSPS) is 11.4. The van der Waals surface area contributed by atoms with E-state index in [1.54, 1.807) is 11.3 Å². The van der Waals surface area contributed by atoms with E-state index in [0.29, 0.717) is 6.54 Å². The summed E-state index contributed by atoms with van der Waals surface area (Å²) in [7, 11) is 0. The Kier molecular flexibility index (Phi) is 3.54. The lowest BCUT2D eigenvalue weighted by Gasteiger charge is -2.05. The number of thiophene rings is 1. The van der Waals surface area contributed by atoms with Crippen LogP contribution in [0.2, 0.25) is 5.02 Å². The van der Waals surface area contributed by atoms with Crippen LogP contribution in [-0.4, -0.2) is 9.55 Å². The summed E-state index contributed by atoms with van der Waals surface area (Å²) in [5, 5.41) is 2.88. The monoisotopic (exact) mass is 305 g/mol. The minimum Gasteiger partial charge on any atom is -0.326 e. The average Bonchev–Trinajstić information content (AvgIpc) is 2.98. The zero-order valence-corrected chi connectivity index (χ0v) is 13.1. The van der Waals surface area contributed by atoms with Crippen molar-refractivity contribution in [3.63, 3.8) is 0 Å². The maximum absolute atomic E-state index is 6.40. The van der Waals surface area contributed by atoms with Gasteiger partial charge in [0.1, 0.15) is 0 Å². The molecule has 20 heavy (non-hydrogen) atoms. The van der Waals surface area contributed by atoms with Crippen LogP contribution >= 0.6 is 22.9 Å². The van der Waals surface area contributed by atoms with Gasteiger partial charge in [0.05, 0.1) is 20.9 Å². The molecule has 2 N–H and O–H groups in total. The standard InChI is InChI=1S/C15H16ClN3S/c1-3-19-12-5-4-10(7-17)6-11(12)18-15(19)14-13(16)9(2)8-20-14/h4-6,8H,3,7,17H2,1-2H3. The molecule has 0 radical (unpaired) electrons. The lowest BCUT2D eigenvalue weighted by molar-refractivity contribution is 0.798. The van der Waals surface area contributed by atoms with Gasteiger partial charge in [0.25, 0.3) is 0 Å². The highest BCUT2D eigenvalue weighted by molar-refractivity contribution is 7.14. The molecule has 5 heteroatoms. The Morgan fingerprint density at radius 3 is 2.80 bits per heavy atom. The fraction of sp³-hybridized carbons (Fsp3) is 0.267. The van der Waals surface area contributed by atoms with Crippen LogP contribution in [-0.2, 0) is 13.1 Å². The van der Waals surface area contributed by atoms with E-state index in [1.165, 1.54) is 0 Å². The molecule has 0 aliphatic rings. The zero-order valence-electron chi connectivity index (χ0n) is 11.5. The molecule has 3 aromatic rings. The van der Waals surface area contributed by atoms with Gasteiger partial charge in [-0.1, -0.05) is 17.7 Å². The van der Waals surface area contributed by atoms with Crippen molar-refractivity contribution in [2.45, 2.75) is 26.9 Å². The summed E-state index contributed by atoms with van der Waals surface area (Å²) in [6.07, 6.45) is 0. The van der Waals surface area contributed by atoms with Crippen molar-refractivity contribution in [2.75, 3.05) is 0 Å². The summed E-state index contributed by atoms with van der Waals surface area (Å²) in [4.78, 5) is 5.81. The molecule has 0 bridgehead atoms. The maximum Gasteiger partial charge on any atom is 0.152 e. The summed E-state index contributed by atoms with van der Waals surface area (Å²) in [5.41, 5.74) is 10.0. The molecule has 0 atom stereocenters. The summed E-state index contributed by atoms with van der Waals surface area (Å²) in [5.74, 6) is 0.944. The van der Waals surface area contributed by atoms with Crippen LogP contribution in [0.4, 0.5) is 0 Å². The molecule has 0 aliphatic heterocycles. The summed E-state index contributed by atoms with van der Waals surface area (Å²) in [6, 6.07) is 6.20. The van der Waals surface area contributed by atoms with Crippen LogP contribution in [0.15, 0.2) is 23.6 Å². The second-order valence-electron chi connectivity index (χ2n) is 4.77. The van der Waals surface area contributed by atoms with E-state index in [-0.39, 0.29) is 0 Å². The number of benzene rings is 1. The fourth-order valence-electron chi connectivity index (χ4n) is 2.38. The largest absolute Gasteiger partial charge is 0.326 e. The van der Waals surface area contributed by atoms with Crippen LogP contribution in [0, 0.1) is 6.92 Å². The number of imidazole rings is 1. The Morgan fingerprint density at radius 1 is 1.40 bits per heavy atom. The average molecular weight is 306 g/mol. The molecule has 3 rings (SSSR count). The molecular weight excluding hydrogens is 290 g/mol. The first-order valence-electron chi connectivity index (χ1n) is 6.59. The Morgan fingerprint density at radius 2 is 2.20 bits per heavy atom. The number of fused-ring (bicyclic) bond motifs is 1. The van der Waals surface area contributed by atoms with Gasteiger partial charge in [0.2, 0.25) is 0 Å². The third kappa shape index (κ3) is 2.04. The van der Waals surface area contributed by atoms with Gasteiger partial charge in [-0.25, -0.2) is 4.98 Å². The third-order valence-corrected chi connectivity index (χ3v) is 5.16. The van der Waals surface area contributed by atoms with E-state index in [9.17, 15) is 0 Å². The summed E-state index contributed by atoms with van der Waals surface area (Å²) >= 11 is 8.04. The van der Waals surface area contributed by atoms with Crippen molar-refractivity contribution in [1.82, 2.24) is 9.55 Å². The number of aryl methyl sites for hydroxylation is 2. The number of aromatic nitrogens is 2. The van der Waals surface area contributed by atoms with Crippen molar-refractivity contribution < 1.29 is 0 Å². The molecule has 104 valence electrons. The van der Waals surface area contributed by atoms with Gasteiger partial charge in [-0.05, 0) is 42.5 Å². The van der Waals surface area contributed by atoms with E-state index in [0.717, 1.165) is 44.4 Å². The molecule has 0 fully saturated rings. The summed E-state index contributed by atoms with van der Waals surface area (Å²) in [6.45, 7) is 5.54. The maximum atomic E-state index is 6.40. The van der Waals surface area contributed by atoms with E-state index in [2.05, 4.69) is 35.1 Å². The van der Waals surface area contributed by atoms with Crippen LogP contribution in [0.5, 0.6) is 0 Å². The minimum atomic E-state index is 0.531. The number of nitrogens with zero attached hydrogens (tertiary/aromatic N) is 2. The van der Waals surface area contributed by atoms with Gasteiger partial charge >= 0.3 is 0 Å². The van der Waals surface area contributed by atoms with E-state index < -0.39 is 0 Å². The van der Waals surface area contributed by atoms with Crippen molar-refractivity contribution in [3.05, 3.63) is 39.7 Å². The van der Waals surface area contributed by atoms with Crippen LogP contribution in [0.1, 0.15) is 18.1 Å². The van der Waals surface area contributed by atoms with Crippen molar-refractivity contribution >= 4 is 34.0 Å². The van der Waals surface area contributed by atoms with Crippen molar-refractivity contribution in [2.24, 2.45) is 5.73 Å². The topological polar surface area (TPSA) is 43.8 Å². The lowest BCUT2D eigenvalue weighted by atomic mass is 10.2. The zero-order chi connectivity index (χ0) is 14.3.